The lowest BCUT2D eigenvalue weighted by Crippen LogP contribution is -2.07. The van der Waals surface area contributed by atoms with Gasteiger partial charge < -0.3 is 9.63 Å². The van der Waals surface area contributed by atoms with Gasteiger partial charge in [0, 0.05) is 17.0 Å². The fraction of sp³-hybridized carbons (Fsp3) is 0.571. The highest BCUT2D eigenvalue weighted by molar-refractivity contribution is 7.46. The summed E-state index contributed by atoms with van der Waals surface area (Å²) in [6.45, 7) is 2.71. The maximum atomic E-state index is 11.0. The van der Waals surface area contributed by atoms with Gasteiger partial charge in [0.25, 0.3) is 0 Å². The Balaban J connectivity index is 4.62. The third kappa shape index (κ3) is 6.65. The minimum atomic E-state index is -4.85. The number of hydrogen-bond donors (Lipinski definition) is 3. The summed E-state index contributed by atoms with van der Waals surface area (Å²) in [5.41, 5.74) is -0.138. The van der Waals surface area contributed by atoms with Crippen LogP contribution in [-0.2, 0) is 13.9 Å². The maximum absolute atomic E-state index is 11.0. The second-order valence-corrected chi connectivity index (χ2v) is 4.57. The van der Waals surface area contributed by atoms with Crippen LogP contribution >= 0.6 is 19.4 Å². The molecule has 15 heavy (non-hydrogen) atoms. The summed E-state index contributed by atoms with van der Waals surface area (Å²) in [5.74, 6) is -1.20. The number of carbonyl (C=O) groups is 1. The summed E-state index contributed by atoms with van der Waals surface area (Å²) in [6, 6.07) is 0. The zero-order chi connectivity index (χ0) is 12.2. The second-order valence-electron chi connectivity index (χ2n) is 2.95. The van der Waals surface area contributed by atoms with Crippen LogP contribution < -0.4 is 0 Å². The molecule has 88 valence electrons. The SMILES string of the molecule is CC(C(=O)OP(=O)(O)O)=C(Cl)CC(C)O. The van der Waals surface area contributed by atoms with Crippen molar-refractivity contribution in [3.8, 4) is 0 Å². The van der Waals surface area contributed by atoms with E-state index in [-0.39, 0.29) is 17.0 Å². The average Bonchev–Trinajstić information content (AvgIpc) is 1.98. The monoisotopic (exact) mass is 258 g/mol. The molecule has 1 atom stereocenters. The lowest BCUT2D eigenvalue weighted by Gasteiger charge is -2.08. The standard InChI is InChI=1S/C7H12ClO6P/c1-4(9)3-6(8)5(2)7(10)14-15(11,12)13/h4,9H,3H2,1-2H3,(H2,11,12,13). The van der Waals surface area contributed by atoms with Gasteiger partial charge in [0.1, 0.15) is 0 Å². The van der Waals surface area contributed by atoms with Crippen molar-refractivity contribution in [1.82, 2.24) is 0 Å². The maximum Gasteiger partial charge on any atom is 0.527 e. The van der Waals surface area contributed by atoms with Crippen LogP contribution in [-0.4, -0.2) is 27.0 Å². The van der Waals surface area contributed by atoms with E-state index >= 15 is 0 Å². The van der Waals surface area contributed by atoms with Crippen molar-refractivity contribution in [2.45, 2.75) is 26.4 Å². The van der Waals surface area contributed by atoms with Crippen molar-refractivity contribution in [3.63, 3.8) is 0 Å². The number of aliphatic hydroxyl groups is 1. The molecule has 0 bridgehead atoms. The predicted octanol–water partition coefficient (Wildman–Crippen LogP) is 0.906. The lowest BCUT2D eigenvalue weighted by atomic mass is 10.2. The van der Waals surface area contributed by atoms with Gasteiger partial charge >= 0.3 is 13.8 Å². The highest BCUT2D eigenvalue weighted by atomic mass is 35.5. The number of hydrogen-bond acceptors (Lipinski definition) is 4. The molecule has 0 aliphatic rings. The molecule has 0 heterocycles. The van der Waals surface area contributed by atoms with Crippen molar-refractivity contribution >= 4 is 25.4 Å². The molecule has 0 saturated carbocycles. The molecule has 0 spiro atoms. The molecule has 6 nitrogen and oxygen atoms in total. The van der Waals surface area contributed by atoms with Gasteiger partial charge in [-0.3, -0.25) is 9.79 Å². The van der Waals surface area contributed by atoms with Crippen LogP contribution in [0.15, 0.2) is 10.6 Å². The summed E-state index contributed by atoms with van der Waals surface area (Å²) < 4.78 is 14.1. The van der Waals surface area contributed by atoms with Gasteiger partial charge in [-0.2, -0.15) is 0 Å². The van der Waals surface area contributed by atoms with Gasteiger partial charge in [0.15, 0.2) is 0 Å². The molecule has 0 aliphatic carbocycles. The molecule has 0 amide bonds. The smallest absolute Gasteiger partial charge is 0.393 e. The zero-order valence-electron chi connectivity index (χ0n) is 8.18. The number of aliphatic hydroxyl groups excluding tert-OH is 1. The molecule has 0 saturated heterocycles. The molecular formula is C7H12ClO6P. The number of phosphoric ester groups is 1. The van der Waals surface area contributed by atoms with Crippen LogP contribution in [0.1, 0.15) is 20.3 Å². The Labute approximate surface area is 91.7 Å². The van der Waals surface area contributed by atoms with Gasteiger partial charge in [-0.25, -0.2) is 9.36 Å². The van der Waals surface area contributed by atoms with Crippen LogP contribution in [0.5, 0.6) is 0 Å². The van der Waals surface area contributed by atoms with Crippen LogP contribution in [0.2, 0.25) is 0 Å². The van der Waals surface area contributed by atoms with Crippen molar-refractivity contribution < 1.29 is 28.8 Å². The highest BCUT2D eigenvalue weighted by Crippen LogP contribution is 2.37. The molecule has 0 aromatic heterocycles. The molecule has 8 heteroatoms. The summed E-state index contributed by atoms with van der Waals surface area (Å²) >= 11 is 5.62. The molecule has 3 N–H and O–H groups in total. The van der Waals surface area contributed by atoms with E-state index in [1.165, 1.54) is 13.8 Å². The van der Waals surface area contributed by atoms with Crippen molar-refractivity contribution in [2.75, 3.05) is 0 Å². The van der Waals surface area contributed by atoms with Crippen LogP contribution in [0, 0.1) is 0 Å². The average molecular weight is 259 g/mol. The Morgan fingerprint density at radius 2 is 2.00 bits per heavy atom. The first-order chi connectivity index (χ1) is 6.63. The summed E-state index contributed by atoms with van der Waals surface area (Å²) in [4.78, 5) is 27.8. The predicted molar refractivity (Wildman–Crippen MR) is 53.0 cm³/mol. The van der Waals surface area contributed by atoms with Crippen LogP contribution in [0.25, 0.3) is 0 Å². The number of carbonyl (C=O) groups excluding carboxylic acids is 1. The highest BCUT2D eigenvalue weighted by Gasteiger charge is 2.23. The largest absolute Gasteiger partial charge is 0.527 e. The van der Waals surface area contributed by atoms with Gasteiger partial charge in [0.05, 0.1) is 6.10 Å². The summed E-state index contributed by atoms with van der Waals surface area (Å²) in [5, 5.41) is 8.96. The van der Waals surface area contributed by atoms with Crippen molar-refractivity contribution in [3.05, 3.63) is 10.6 Å². The van der Waals surface area contributed by atoms with E-state index in [0.717, 1.165) is 0 Å². The third-order valence-corrected chi connectivity index (χ3v) is 2.23. The fourth-order valence-electron chi connectivity index (χ4n) is 0.700. The molecule has 0 fully saturated rings. The van der Waals surface area contributed by atoms with Crippen molar-refractivity contribution in [1.29, 1.82) is 0 Å². The van der Waals surface area contributed by atoms with Gasteiger partial charge in [-0.05, 0) is 13.8 Å². The van der Waals surface area contributed by atoms with Crippen LogP contribution in [0.4, 0.5) is 0 Å². The van der Waals surface area contributed by atoms with E-state index in [1.807, 2.05) is 0 Å². The van der Waals surface area contributed by atoms with Gasteiger partial charge in [0.2, 0.25) is 0 Å². The Morgan fingerprint density at radius 3 is 2.33 bits per heavy atom. The van der Waals surface area contributed by atoms with E-state index < -0.39 is 19.9 Å². The zero-order valence-corrected chi connectivity index (χ0v) is 9.83. The molecule has 0 aromatic carbocycles. The Morgan fingerprint density at radius 1 is 1.53 bits per heavy atom. The lowest BCUT2D eigenvalue weighted by molar-refractivity contribution is -0.131. The second kappa shape index (κ2) is 5.63. The minimum absolute atomic E-state index is 0.00319. The number of phosphoric acid groups is 1. The normalized spacial score (nSPS) is 15.6. The fourth-order valence-corrected chi connectivity index (χ4v) is 1.35. The van der Waals surface area contributed by atoms with E-state index in [9.17, 15) is 9.36 Å². The first kappa shape index (κ1) is 14.6. The molecule has 0 aromatic rings. The van der Waals surface area contributed by atoms with E-state index in [0.29, 0.717) is 0 Å². The Bertz CT molecular complexity index is 317. The number of halogens is 1. The quantitative estimate of drug-likeness (QED) is 0.511. The molecule has 0 rings (SSSR count). The molecular weight excluding hydrogens is 246 g/mol. The van der Waals surface area contributed by atoms with Crippen LogP contribution in [0.3, 0.4) is 0 Å². The van der Waals surface area contributed by atoms with Gasteiger partial charge in [-0.1, -0.05) is 11.6 Å². The Hall–Kier alpha value is -0.390. The molecule has 1 unspecified atom stereocenters. The van der Waals surface area contributed by atoms with Crippen molar-refractivity contribution in [2.24, 2.45) is 0 Å². The topological polar surface area (TPSA) is 104 Å². The molecule has 0 radical (unpaired) electrons. The summed E-state index contributed by atoms with van der Waals surface area (Å²) in [7, 11) is -4.85. The third-order valence-electron chi connectivity index (χ3n) is 1.39. The minimum Gasteiger partial charge on any atom is -0.393 e. The molecule has 0 aliphatic heterocycles. The first-order valence-electron chi connectivity index (χ1n) is 3.96. The number of rotatable bonds is 4. The first-order valence-corrected chi connectivity index (χ1v) is 5.87. The van der Waals surface area contributed by atoms with Gasteiger partial charge in [-0.15, -0.1) is 0 Å². The Kier molecular flexibility index (Phi) is 5.48. The van der Waals surface area contributed by atoms with E-state index in [2.05, 4.69) is 4.52 Å². The van der Waals surface area contributed by atoms with E-state index in [1.54, 1.807) is 0 Å². The summed E-state index contributed by atoms with van der Waals surface area (Å²) in [6.07, 6.45) is -0.737. The van der Waals surface area contributed by atoms with E-state index in [4.69, 9.17) is 26.5 Å².